The summed E-state index contributed by atoms with van der Waals surface area (Å²) in [5.41, 5.74) is 2.15. The first kappa shape index (κ1) is 19.8. The SMILES string of the molecule is O=C(c1ccc2c(c1)OCCO2)N(Cc1cccnc1)c1nc2cc3c(cc2s1)OCCO3. The number of anilines is 1. The van der Waals surface area contributed by atoms with Gasteiger partial charge in [-0.1, -0.05) is 17.4 Å². The smallest absolute Gasteiger partial charge is 0.260 e. The molecule has 2 aliphatic heterocycles. The summed E-state index contributed by atoms with van der Waals surface area (Å²) in [5, 5.41) is 0.580. The molecule has 8 nitrogen and oxygen atoms in total. The van der Waals surface area contributed by atoms with Crippen molar-refractivity contribution in [3.05, 3.63) is 66.0 Å². The Morgan fingerprint density at radius 1 is 0.909 bits per heavy atom. The lowest BCUT2D eigenvalue weighted by Gasteiger charge is -2.22. The molecule has 0 aliphatic carbocycles. The van der Waals surface area contributed by atoms with Crippen molar-refractivity contribution in [2.75, 3.05) is 31.3 Å². The Labute approximate surface area is 193 Å². The number of hydrogen-bond donors (Lipinski definition) is 0. The lowest BCUT2D eigenvalue weighted by atomic mass is 10.1. The van der Waals surface area contributed by atoms with E-state index in [1.165, 1.54) is 11.3 Å². The third kappa shape index (κ3) is 3.80. The number of pyridine rings is 1. The second-order valence-corrected chi connectivity index (χ2v) is 8.58. The number of aromatic nitrogens is 2. The van der Waals surface area contributed by atoms with E-state index in [0.717, 1.165) is 15.8 Å². The van der Waals surface area contributed by atoms with Crippen LogP contribution in [-0.2, 0) is 6.54 Å². The van der Waals surface area contributed by atoms with Crippen molar-refractivity contribution >= 4 is 32.6 Å². The van der Waals surface area contributed by atoms with E-state index in [1.807, 2.05) is 24.3 Å². The molecule has 4 aromatic rings. The zero-order chi connectivity index (χ0) is 22.2. The van der Waals surface area contributed by atoms with Crippen LogP contribution < -0.4 is 23.8 Å². The Morgan fingerprint density at radius 3 is 2.39 bits per heavy atom. The van der Waals surface area contributed by atoms with Gasteiger partial charge in [0.15, 0.2) is 28.1 Å². The number of thiazole rings is 1. The molecule has 2 aliphatic rings. The fourth-order valence-electron chi connectivity index (χ4n) is 3.80. The van der Waals surface area contributed by atoms with Gasteiger partial charge in [-0.05, 0) is 29.8 Å². The first-order valence-corrected chi connectivity index (χ1v) is 11.4. The van der Waals surface area contributed by atoms with E-state index < -0.39 is 0 Å². The first-order valence-electron chi connectivity index (χ1n) is 10.6. The average Bonchev–Trinajstić information content (AvgIpc) is 3.28. The van der Waals surface area contributed by atoms with E-state index in [2.05, 4.69) is 4.98 Å². The van der Waals surface area contributed by atoms with E-state index in [4.69, 9.17) is 23.9 Å². The third-order valence-corrected chi connectivity index (χ3v) is 6.41. The summed E-state index contributed by atoms with van der Waals surface area (Å²) in [7, 11) is 0. The first-order chi connectivity index (χ1) is 16.2. The molecule has 0 unspecified atom stereocenters. The van der Waals surface area contributed by atoms with E-state index in [1.54, 1.807) is 35.5 Å². The zero-order valence-corrected chi connectivity index (χ0v) is 18.3. The van der Waals surface area contributed by atoms with Crippen LogP contribution in [0, 0.1) is 0 Å². The highest BCUT2D eigenvalue weighted by Gasteiger charge is 2.25. The second kappa shape index (κ2) is 8.25. The molecule has 0 bridgehead atoms. The molecule has 0 saturated heterocycles. The Bertz CT molecular complexity index is 1300. The Kier molecular flexibility index (Phi) is 4.95. The van der Waals surface area contributed by atoms with Crippen LogP contribution in [0.3, 0.4) is 0 Å². The van der Waals surface area contributed by atoms with Gasteiger partial charge < -0.3 is 18.9 Å². The molecule has 0 N–H and O–H groups in total. The number of rotatable bonds is 4. The largest absolute Gasteiger partial charge is 0.486 e. The minimum absolute atomic E-state index is 0.188. The monoisotopic (exact) mass is 461 g/mol. The summed E-state index contributed by atoms with van der Waals surface area (Å²) in [6.45, 7) is 2.30. The van der Waals surface area contributed by atoms with Crippen LogP contribution in [0.2, 0.25) is 0 Å². The number of nitrogens with zero attached hydrogens (tertiary/aromatic N) is 3. The van der Waals surface area contributed by atoms with Crippen LogP contribution in [0.4, 0.5) is 5.13 Å². The van der Waals surface area contributed by atoms with Gasteiger partial charge in [-0.25, -0.2) is 4.98 Å². The van der Waals surface area contributed by atoms with E-state index in [-0.39, 0.29) is 5.91 Å². The quantitative estimate of drug-likeness (QED) is 0.453. The van der Waals surface area contributed by atoms with Crippen LogP contribution in [-0.4, -0.2) is 42.3 Å². The molecular formula is C24H19N3O5S. The topological polar surface area (TPSA) is 83.0 Å². The second-order valence-electron chi connectivity index (χ2n) is 7.57. The van der Waals surface area contributed by atoms with Crippen molar-refractivity contribution in [2.24, 2.45) is 0 Å². The van der Waals surface area contributed by atoms with Gasteiger partial charge in [0.25, 0.3) is 5.91 Å². The molecular weight excluding hydrogens is 442 g/mol. The van der Waals surface area contributed by atoms with E-state index in [0.29, 0.717) is 66.7 Å². The van der Waals surface area contributed by atoms with E-state index >= 15 is 0 Å². The highest BCUT2D eigenvalue weighted by atomic mass is 32.1. The summed E-state index contributed by atoms with van der Waals surface area (Å²) < 4.78 is 23.6. The van der Waals surface area contributed by atoms with Gasteiger partial charge >= 0.3 is 0 Å². The molecule has 0 fully saturated rings. The number of carbonyl (C=O) groups is 1. The lowest BCUT2D eigenvalue weighted by molar-refractivity contribution is 0.0984. The number of benzene rings is 2. The highest BCUT2D eigenvalue weighted by molar-refractivity contribution is 7.22. The summed E-state index contributed by atoms with van der Waals surface area (Å²) in [5.74, 6) is 2.39. The summed E-state index contributed by atoms with van der Waals surface area (Å²) in [6.07, 6.45) is 3.45. The van der Waals surface area contributed by atoms with Gasteiger partial charge in [0.2, 0.25) is 0 Å². The summed E-state index contributed by atoms with van der Waals surface area (Å²) >= 11 is 1.43. The highest BCUT2D eigenvalue weighted by Crippen LogP contribution is 2.39. The minimum atomic E-state index is -0.188. The van der Waals surface area contributed by atoms with Crippen molar-refractivity contribution in [3.8, 4) is 23.0 Å². The van der Waals surface area contributed by atoms with Gasteiger partial charge in [-0.15, -0.1) is 0 Å². The number of carbonyl (C=O) groups excluding carboxylic acids is 1. The molecule has 2 aromatic carbocycles. The molecule has 0 atom stereocenters. The number of hydrogen-bond acceptors (Lipinski definition) is 8. The molecule has 6 rings (SSSR count). The number of ether oxygens (including phenoxy) is 4. The Hall–Kier alpha value is -3.85. The molecule has 1 amide bonds. The third-order valence-electron chi connectivity index (χ3n) is 5.37. The standard InChI is InChI=1S/C24H19N3O5S/c28-23(16-3-4-18-19(10-16)30-7-6-29-18)27(14-15-2-1-5-25-13-15)24-26-17-11-20-21(12-22(17)33-24)32-9-8-31-20/h1-5,10-13H,6-9,14H2. The van der Waals surface area contributed by atoms with Crippen molar-refractivity contribution in [2.45, 2.75) is 6.54 Å². The van der Waals surface area contributed by atoms with Crippen LogP contribution >= 0.6 is 11.3 Å². The summed E-state index contributed by atoms with van der Waals surface area (Å²) in [6, 6.07) is 12.8. The molecule has 33 heavy (non-hydrogen) atoms. The minimum Gasteiger partial charge on any atom is -0.486 e. The predicted octanol–water partition coefficient (Wildman–Crippen LogP) is 4.08. The fourth-order valence-corrected chi connectivity index (χ4v) is 4.77. The Balaban J connectivity index is 1.40. The average molecular weight is 461 g/mol. The van der Waals surface area contributed by atoms with Crippen LogP contribution in [0.5, 0.6) is 23.0 Å². The maximum atomic E-state index is 13.7. The Morgan fingerprint density at radius 2 is 1.64 bits per heavy atom. The van der Waals surface area contributed by atoms with Gasteiger partial charge in [0.05, 0.1) is 16.8 Å². The van der Waals surface area contributed by atoms with Crippen molar-refractivity contribution in [1.82, 2.24) is 9.97 Å². The summed E-state index contributed by atoms with van der Waals surface area (Å²) in [4.78, 5) is 24.3. The van der Waals surface area contributed by atoms with Crippen molar-refractivity contribution in [1.29, 1.82) is 0 Å². The van der Waals surface area contributed by atoms with Gasteiger partial charge in [-0.2, -0.15) is 0 Å². The number of fused-ring (bicyclic) bond motifs is 3. The van der Waals surface area contributed by atoms with Crippen LogP contribution in [0.25, 0.3) is 10.2 Å². The molecule has 2 aromatic heterocycles. The van der Waals surface area contributed by atoms with Gasteiger partial charge in [-0.3, -0.25) is 14.7 Å². The zero-order valence-electron chi connectivity index (χ0n) is 17.5. The molecule has 0 radical (unpaired) electrons. The molecule has 0 spiro atoms. The fraction of sp³-hybridized carbons (Fsp3) is 0.208. The molecule has 9 heteroatoms. The van der Waals surface area contributed by atoms with Crippen LogP contribution in [0.15, 0.2) is 54.9 Å². The van der Waals surface area contributed by atoms with Crippen molar-refractivity contribution in [3.63, 3.8) is 0 Å². The molecule has 4 heterocycles. The maximum absolute atomic E-state index is 13.7. The van der Waals surface area contributed by atoms with Crippen LogP contribution in [0.1, 0.15) is 15.9 Å². The number of amides is 1. The predicted molar refractivity (Wildman–Crippen MR) is 123 cm³/mol. The van der Waals surface area contributed by atoms with Crippen molar-refractivity contribution < 1.29 is 23.7 Å². The maximum Gasteiger partial charge on any atom is 0.260 e. The van der Waals surface area contributed by atoms with Gasteiger partial charge in [0, 0.05) is 30.1 Å². The molecule has 0 saturated carbocycles. The molecule has 166 valence electrons. The van der Waals surface area contributed by atoms with Gasteiger partial charge in [0.1, 0.15) is 26.4 Å². The lowest BCUT2D eigenvalue weighted by Crippen LogP contribution is -2.30. The van der Waals surface area contributed by atoms with E-state index in [9.17, 15) is 4.79 Å². The normalized spacial score (nSPS) is 14.2.